The summed E-state index contributed by atoms with van der Waals surface area (Å²) in [4.78, 5) is 40.5. The van der Waals surface area contributed by atoms with Gasteiger partial charge in [0.05, 0.1) is 12.5 Å². The lowest BCUT2D eigenvalue weighted by Crippen LogP contribution is -2.54. The number of methoxy groups -OCH3 is 1. The highest BCUT2D eigenvalue weighted by molar-refractivity contribution is 6.43. The van der Waals surface area contributed by atoms with Gasteiger partial charge in [-0.15, -0.1) is 0 Å². The van der Waals surface area contributed by atoms with Gasteiger partial charge >= 0.3 is 11.9 Å². The maximum atomic E-state index is 14.2. The Hall–Kier alpha value is -3.79. The molecule has 3 aliphatic rings. The maximum Gasteiger partial charge on any atom is 0.396 e. The third-order valence-corrected chi connectivity index (χ3v) is 7.75. The van der Waals surface area contributed by atoms with Crippen molar-refractivity contribution < 1.29 is 28.2 Å². The first-order valence-corrected chi connectivity index (χ1v) is 12.8. The zero-order chi connectivity index (χ0) is 26.9. The van der Waals surface area contributed by atoms with E-state index in [4.69, 9.17) is 9.84 Å². The van der Waals surface area contributed by atoms with Crippen LogP contribution in [0.3, 0.4) is 0 Å². The van der Waals surface area contributed by atoms with E-state index in [1.807, 2.05) is 30.3 Å². The van der Waals surface area contributed by atoms with Gasteiger partial charge in [0.15, 0.2) is 5.78 Å². The van der Waals surface area contributed by atoms with Crippen LogP contribution in [0.2, 0.25) is 0 Å². The topological polar surface area (TPSA) is 91.8 Å². The van der Waals surface area contributed by atoms with Crippen molar-refractivity contribution in [2.75, 3.05) is 51.4 Å². The maximum absolute atomic E-state index is 14.2. The Labute approximate surface area is 220 Å². The Bertz CT molecular complexity index is 1260. The molecule has 1 saturated heterocycles. The van der Waals surface area contributed by atoms with Gasteiger partial charge in [-0.3, -0.25) is 19.5 Å². The first-order valence-electron chi connectivity index (χ1n) is 12.8. The lowest BCUT2D eigenvalue weighted by molar-refractivity contribution is -0.159. The zero-order valence-corrected chi connectivity index (χ0v) is 21.6. The second-order valence-corrected chi connectivity index (χ2v) is 9.85. The highest BCUT2D eigenvalue weighted by atomic mass is 19.1. The molecule has 10 heteroatoms. The molecule has 38 heavy (non-hydrogen) atoms. The Morgan fingerprint density at radius 2 is 1.84 bits per heavy atom. The van der Waals surface area contributed by atoms with E-state index in [1.54, 1.807) is 11.1 Å². The third-order valence-electron chi connectivity index (χ3n) is 7.75. The zero-order valence-electron chi connectivity index (χ0n) is 21.6. The van der Waals surface area contributed by atoms with E-state index in [0.717, 1.165) is 18.5 Å². The molecule has 2 aromatic carbocycles. The fraction of sp³-hybridized carbons (Fsp3) is 0.429. The van der Waals surface area contributed by atoms with E-state index in [1.165, 1.54) is 31.1 Å². The second-order valence-electron chi connectivity index (χ2n) is 9.85. The van der Waals surface area contributed by atoms with Gasteiger partial charge in [0.25, 0.3) is 0 Å². The number of hydrazone groups is 1. The number of ether oxygens (including phenoxy) is 2. The van der Waals surface area contributed by atoms with Gasteiger partial charge in [0.1, 0.15) is 35.6 Å². The standard InChI is InChI=1S/C28H31FN4O5/c1-19(34)25-28(20-7-4-3-5-8-20,24-18-38-23-10-9-21(29)17-22(23)33(24)30-25)11-6-12-31-13-15-32(16-14-31)26(35)27(36)37-2/h3-5,7-10,17,24H,6,11-16,18H2,1-2H3/t24?,28-/m1/s1. The summed E-state index contributed by atoms with van der Waals surface area (Å²) >= 11 is 0. The number of esters is 1. The van der Waals surface area contributed by atoms with Crippen molar-refractivity contribution in [3.63, 3.8) is 0 Å². The fourth-order valence-corrected chi connectivity index (χ4v) is 5.88. The van der Waals surface area contributed by atoms with Crippen LogP contribution in [-0.4, -0.2) is 85.7 Å². The van der Waals surface area contributed by atoms with Gasteiger partial charge in [0, 0.05) is 39.2 Å². The largest absolute Gasteiger partial charge is 0.489 e. The number of halogens is 1. The van der Waals surface area contributed by atoms with Crippen LogP contribution >= 0.6 is 0 Å². The fourth-order valence-electron chi connectivity index (χ4n) is 5.88. The number of hydrogen-bond donors (Lipinski definition) is 0. The monoisotopic (exact) mass is 522 g/mol. The average molecular weight is 523 g/mol. The minimum atomic E-state index is -0.846. The molecule has 200 valence electrons. The van der Waals surface area contributed by atoms with Crippen LogP contribution in [0.5, 0.6) is 5.75 Å². The Kier molecular flexibility index (Phi) is 7.16. The number of carbonyl (C=O) groups excluding carboxylic acids is 3. The van der Waals surface area contributed by atoms with E-state index in [9.17, 15) is 18.8 Å². The van der Waals surface area contributed by atoms with Crippen LogP contribution in [0.4, 0.5) is 10.1 Å². The van der Waals surface area contributed by atoms with E-state index in [-0.39, 0.29) is 11.8 Å². The summed E-state index contributed by atoms with van der Waals surface area (Å²) in [5.41, 5.74) is 1.20. The van der Waals surface area contributed by atoms with Crippen LogP contribution in [0.15, 0.2) is 53.6 Å². The van der Waals surface area contributed by atoms with Gasteiger partial charge in [-0.2, -0.15) is 5.10 Å². The van der Waals surface area contributed by atoms with Gasteiger partial charge in [-0.05, 0) is 37.1 Å². The van der Waals surface area contributed by atoms with Crippen molar-refractivity contribution in [2.45, 2.75) is 31.2 Å². The smallest absolute Gasteiger partial charge is 0.396 e. The average Bonchev–Trinajstić information content (AvgIpc) is 3.29. The molecule has 0 aliphatic carbocycles. The molecule has 0 N–H and O–H groups in total. The number of Topliss-reactive ketones (excluding diaryl/α,β-unsaturated/α-hetero) is 1. The normalized spacial score (nSPS) is 22.7. The summed E-state index contributed by atoms with van der Waals surface area (Å²) in [6.07, 6.45) is 1.39. The SMILES string of the molecule is COC(=O)C(=O)N1CCN(CCC[C@]2(c3ccccc3)C(C(C)=O)=NN3c4cc(F)ccc4OCC32)CC1. The molecule has 1 amide bonds. The first-order chi connectivity index (χ1) is 18.3. The van der Waals surface area contributed by atoms with Crippen molar-refractivity contribution in [2.24, 2.45) is 5.10 Å². The molecule has 2 aromatic rings. The van der Waals surface area contributed by atoms with Crippen LogP contribution in [-0.2, 0) is 24.5 Å². The third kappa shape index (κ3) is 4.53. The minimum absolute atomic E-state index is 0.129. The summed E-state index contributed by atoms with van der Waals surface area (Å²) in [7, 11) is 1.20. The van der Waals surface area contributed by atoms with Gasteiger partial charge in [0.2, 0.25) is 0 Å². The number of anilines is 1. The molecule has 0 bridgehead atoms. The summed E-state index contributed by atoms with van der Waals surface area (Å²) in [6.45, 7) is 4.76. The highest BCUT2D eigenvalue weighted by Gasteiger charge is 2.55. The molecule has 0 radical (unpaired) electrons. The van der Waals surface area contributed by atoms with Crippen molar-refractivity contribution in [1.29, 1.82) is 0 Å². The molecule has 5 rings (SSSR count). The molecule has 0 saturated carbocycles. The number of nitrogens with zero attached hydrogens (tertiary/aromatic N) is 4. The molecule has 9 nitrogen and oxygen atoms in total. The summed E-state index contributed by atoms with van der Waals surface area (Å²) < 4.78 is 24.8. The molecular weight excluding hydrogens is 491 g/mol. The number of rotatable bonds is 6. The Morgan fingerprint density at radius 1 is 1.11 bits per heavy atom. The highest BCUT2D eigenvalue weighted by Crippen LogP contribution is 2.48. The van der Waals surface area contributed by atoms with Crippen molar-refractivity contribution in [3.05, 3.63) is 59.9 Å². The molecule has 0 spiro atoms. The van der Waals surface area contributed by atoms with Crippen molar-refractivity contribution in [1.82, 2.24) is 9.80 Å². The lowest BCUT2D eigenvalue weighted by Gasteiger charge is -2.42. The summed E-state index contributed by atoms with van der Waals surface area (Å²) in [6, 6.07) is 13.9. The lowest BCUT2D eigenvalue weighted by atomic mass is 9.67. The van der Waals surface area contributed by atoms with E-state index >= 15 is 0 Å². The number of carbonyl (C=O) groups is 3. The summed E-state index contributed by atoms with van der Waals surface area (Å²) in [5, 5.41) is 6.56. The number of benzene rings is 2. The van der Waals surface area contributed by atoms with Crippen LogP contribution in [0, 0.1) is 5.82 Å². The first kappa shape index (κ1) is 25.8. The number of ketones is 1. The Morgan fingerprint density at radius 3 is 2.53 bits per heavy atom. The quantitative estimate of drug-likeness (QED) is 0.425. The van der Waals surface area contributed by atoms with Crippen molar-refractivity contribution >= 4 is 29.1 Å². The van der Waals surface area contributed by atoms with Crippen LogP contribution in [0.1, 0.15) is 25.3 Å². The molecule has 1 fully saturated rings. The predicted octanol–water partition coefficient (Wildman–Crippen LogP) is 2.39. The van der Waals surface area contributed by atoms with Gasteiger partial charge in [-0.1, -0.05) is 30.3 Å². The number of piperazine rings is 1. The Balaban J connectivity index is 1.38. The molecule has 1 unspecified atom stereocenters. The molecule has 3 heterocycles. The minimum Gasteiger partial charge on any atom is -0.489 e. The molecule has 2 atom stereocenters. The number of fused-ring (bicyclic) bond motifs is 3. The molecular formula is C28H31FN4O5. The van der Waals surface area contributed by atoms with Crippen LogP contribution < -0.4 is 9.75 Å². The molecule has 0 aromatic heterocycles. The van der Waals surface area contributed by atoms with E-state index < -0.39 is 23.1 Å². The molecule has 3 aliphatic heterocycles. The van der Waals surface area contributed by atoms with Gasteiger partial charge in [-0.25, -0.2) is 9.18 Å². The van der Waals surface area contributed by atoms with Crippen LogP contribution in [0.25, 0.3) is 0 Å². The van der Waals surface area contributed by atoms with E-state index in [2.05, 4.69) is 9.64 Å². The number of hydrogen-bond acceptors (Lipinski definition) is 8. The predicted molar refractivity (Wildman–Crippen MR) is 139 cm³/mol. The van der Waals surface area contributed by atoms with Crippen molar-refractivity contribution in [3.8, 4) is 5.75 Å². The number of amides is 1. The summed E-state index contributed by atoms with van der Waals surface area (Å²) in [5.74, 6) is -1.44. The van der Waals surface area contributed by atoms with E-state index in [0.29, 0.717) is 56.4 Å². The van der Waals surface area contributed by atoms with Gasteiger partial charge < -0.3 is 14.4 Å². The second kappa shape index (κ2) is 10.5.